The zero-order valence-corrected chi connectivity index (χ0v) is 15.3. The topological polar surface area (TPSA) is 47.9 Å². The van der Waals surface area contributed by atoms with Crippen LogP contribution in [0.3, 0.4) is 0 Å². The Morgan fingerprint density at radius 3 is 2.50 bits per heavy atom. The Kier molecular flexibility index (Phi) is 4.47. The lowest BCUT2D eigenvalue weighted by atomic mass is 10.1. The molecule has 0 fully saturated rings. The Balaban J connectivity index is 2.22. The quantitative estimate of drug-likeness (QED) is 0.478. The van der Waals surface area contributed by atoms with Gasteiger partial charge in [-0.25, -0.2) is 4.79 Å². The van der Waals surface area contributed by atoms with Crippen LogP contribution in [0.15, 0.2) is 23.4 Å². The van der Waals surface area contributed by atoms with Crippen LogP contribution in [-0.2, 0) is 15.7 Å². The fourth-order valence-electron chi connectivity index (χ4n) is 2.12. The van der Waals surface area contributed by atoms with Gasteiger partial charge in [0.1, 0.15) is 0 Å². The highest BCUT2D eigenvalue weighted by molar-refractivity contribution is 6.74. The number of nitrogens with zero attached hydrogens (tertiary/aromatic N) is 1. The van der Waals surface area contributed by atoms with Gasteiger partial charge in [0, 0.05) is 5.56 Å². The maximum atomic E-state index is 11.6. The Morgan fingerprint density at radius 2 is 1.91 bits per heavy atom. The molecule has 1 aliphatic rings. The number of ether oxygens (including phenoxy) is 1. The van der Waals surface area contributed by atoms with E-state index < -0.39 is 8.32 Å². The van der Waals surface area contributed by atoms with Gasteiger partial charge >= 0.3 is 5.97 Å². The first-order valence-electron chi connectivity index (χ1n) is 7.62. The summed E-state index contributed by atoms with van der Waals surface area (Å²) in [6.45, 7) is 11.0. The number of methoxy groups -OCH3 is 1. The summed E-state index contributed by atoms with van der Waals surface area (Å²) < 4.78 is 10.7. The number of hydrogen-bond donors (Lipinski definition) is 0. The van der Waals surface area contributed by atoms with E-state index in [1.807, 2.05) is 12.1 Å². The largest absolute Gasteiger partial charge is 0.465 e. The molecule has 0 radical (unpaired) electrons. The molecule has 0 aromatic heterocycles. The van der Waals surface area contributed by atoms with E-state index in [-0.39, 0.29) is 11.0 Å². The highest BCUT2D eigenvalue weighted by Gasteiger charge is 2.40. The van der Waals surface area contributed by atoms with E-state index in [0.29, 0.717) is 5.56 Å². The molecule has 120 valence electrons. The molecule has 4 nitrogen and oxygen atoms in total. The van der Waals surface area contributed by atoms with Crippen LogP contribution in [0.1, 0.15) is 48.7 Å². The molecule has 0 amide bonds. The predicted octanol–water partition coefficient (Wildman–Crippen LogP) is 4.15. The van der Waals surface area contributed by atoms with Crippen molar-refractivity contribution >= 4 is 20.0 Å². The molecule has 2 rings (SSSR count). The van der Waals surface area contributed by atoms with Crippen LogP contribution in [0.25, 0.3) is 0 Å². The molecular formula is C17H25NO3Si. The number of benzene rings is 1. The van der Waals surface area contributed by atoms with Crippen LogP contribution in [0, 0.1) is 0 Å². The van der Waals surface area contributed by atoms with E-state index >= 15 is 0 Å². The third-order valence-electron chi connectivity index (χ3n) is 4.66. The highest BCUT2D eigenvalue weighted by Crippen LogP contribution is 2.37. The number of oxime groups is 1. The van der Waals surface area contributed by atoms with Crippen molar-refractivity contribution in [3.05, 3.63) is 34.9 Å². The molecule has 0 bridgehead atoms. The molecule has 5 heteroatoms. The normalized spacial score (nSPS) is 16.5. The summed E-state index contributed by atoms with van der Waals surface area (Å²) in [7, 11) is -0.492. The average molecular weight is 319 g/mol. The first kappa shape index (κ1) is 16.7. The Labute approximate surface area is 133 Å². The summed E-state index contributed by atoms with van der Waals surface area (Å²) in [6, 6.07) is 5.64. The van der Waals surface area contributed by atoms with Gasteiger partial charge in [0.15, 0.2) is 0 Å². The van der Waals surface area contributed by atoms with Gasteiger partial charge in [0.2, 0.25) is 0 Å². The van der Waals surface area contributed by atoms with Crippen molar-refractivity contribution in [1.82, 2.24) is 0 Å². The van der Waals surface area contributed by atoms with E-state index in [9.17, 15) is 4.79 Å². The van der Waals surface area contributed by atoms with E-state index in [0.717, 1.165) is 29.7 Å². The monoisotopic (exact) mass is 319 g/mol. The van der Waals surface area contributed by atoms with Crippen LogP contribution in [0.2, 0.25) is 18.1 Å². The second-order valence-corrected chi connectivity index (χ2v) is 12.0. The molecule has 1 aliphatic carbocycles. The van der Waals surface area contributed by atoms with Crippen molar-refractivity contribution in [2.75, 3.05) is 7.11 Å². The molecule has 0 unspecified atom stereocenters. The molecule has 0 saturated carbocycles. The van der Waals surface area contributed by atoms with Gasteiger partial charge in [-0.3, -0.25) is 0 Å². The van der Waals surface area contributed by atoms with Gasteiger partial charge < -0.3 is 9.26 Å². The molecular weight excluding hydrogens is 294 g/mol. The van der Waals surface area contributed by atoms with Gasteiger partial charge in [-0.15, -0.1) is 5.16 Å². The van der Waals surface area contributed by atoms with E-state index in [1.54, 1.807) is 6.07 Å². The third kappa shape index (κ3) is 3.24. The lowest BCUT2D eigenvalue weighted by Gasteiger charge is -2.33. The highest BCUT2D eigenvalue weighted by atomic mass is 28.4. The zero-order chi connectivity index (χ0) is 16.5. The summed E-state index contributed by atoms with van der Waals surface area (Å²) in [5.74, 6) is -0.300. The van der Waals surface area contributed by atoms with Gasteiger partial charge in [-0.2, -0.15) is 0 Å². The SMILES string of the molecule is COC(=O)c1ccc2c(c1)CC/C2=N/O[Si](C)(C)C(C)(C)C. The maximum absolute atomic E-state index is 11.6. The number of hydrogen-bond acceptors (Lipinski definition) is 4. The number of carbonyl (C=O) groups is 1. The van der Waals surface area contributed by atoms with Crippen molar-refractivity contribution in [2.24, 2.45) is 5.16 Å². The van der Waals surface area contributed by atoms with Gasteiger partial charge in [0.25, 0.3) is 8.32 Å². The fraction of sp³-hybridized carbons (Fsp3) is 0.529. The molecule has 1 aromatic rings. The number of fused-ring (bicyclic) bond motifs is 1. The predicted molar refractivity (Wildman–Crippen MR) is 90.9 cm³/mol. The second-order valence-electron chi connectivity index (χ2n) is 7.25. The lowest BCUT2D eigenvalue weighted by molar-refractivity contribution is 0.0600. The van der Waals surface area contributed by atoms with E-state index in [2.05, 4.69) is 39.0 Å². The molecule has 22 heavy (non-hydrogen) atoms. The van der Waals surface area contributed by atoms with Gasteiger partial charge in [0.05, 0.1) is 18.4 Å². The molecule has 0 spiro atoms. The molecule has 0 aliphatic heterocycles. The summed E-state index contributed by atoms with van der Waals surface area (Å²) in [4.78, 5) is 11.6. The van der Waals surface area contributed by atoms with Crippen molar-refractivity contribution < 1.29 is 14.1 Å². The first-order valence-corrected chi connectivity index (χ1v) is 10.5. The second kappa shape index (κ2) is 5.87. The summed E-state index contributed by atoms with van der Waals surface area (Å²) in [6.07, 6.45) is 1.74. The minimum atomic E-state index is -1.89. The smallest absolute Gasteiger partial charge is 0.337 e. The van der Waals surface area contributed by atoms with Crippen LogP contribution >= 0.6 is 0 Å². The molecule has 0 heterocycles. The first-order chi connectivity index (χ1) is 10.2. The summed E-state index contributed by atoms with van der Waals surface area (Å²) in [5, 5.41) is 4.59. The molecule has 0 saturated heterocycles. The number of carbonyl (C=O) groups excluding carboxylic acids is 1. The number of rotatable bonds is 3. The van der Waals surface area contributed by atoms with E-state index in [4.69, 9.17) is 9.26 Å². The average Bonchev–Trinajstić information content (AvgIpc) is 2.85. The van der Waals surface area contributed by atoms with Crippen molar-refractivity contribution in [3.8, 4) is 0 Å². The van der Waals surface area contributed by atoms with Crippen molar-refractivity contribution in [3.63, 3.8) is 0 Å². The zero-order valence-electron chi connectivity index (χ0n) is 14.3. The molecule has 0 atom stereocenters. The van der Waals surface area contributed by atoms with Crippen LogP contribution in [0.5, 0.6) is 0 Å². The minimum Gasteiger partial charge on any atom is -0.465 e. The van der Waals surface area contributed by atoms with E-state index in [1.165, 1.54) is 7.11 Å². The van der Waals surface area contributed by atoms with Crippen LogP contribution in [-0.4, -0.2) is 27.1 Å². The van der Waals surface area contributed by atoms with Crippen LogP contribution < -0.4 is 0 Å². The Hall–Kier alpha value is -1.62. The number of aryl methyl sites for hydroxylation is 1. The summed E-state index contributed by atoms with van der Waals surface area (Å²) >= 11 is 0. The van der Waals surface area contributed by atoms with Gasteiger partial charge in [-0.1, -0.05) is 26.8 Å². The Morgan fingerprint density at radius 1 is 1.23 bits per heavy atom. The lowest BCUT2D eigenvalue weighted by Crippen LogP contribution is -2.39. The summed E-state index contributed by atoms with van der Waals surface area (Å²) in [5.41, 5.74) is 3.80. The Bertz CT molecular complexity index is 615. The molecule has 0 N–H and O–H groups in total. The fourth-order valence-corrected chi connectivity index (χ4v) is 2.73. The molecule has 1 aromatic carbocycles. The van der Waals surface area contributed by atoms with Gasteiger partial charge in [-0.05, 0) is 48.7 Å². The third-order valence-corrected chi connectivity index (χ3v) is 8.82. The van der Waals surface area contributed by atoms with Crippen molar-refractivity contribution in [2.45, 2.75) is 51.7 Å². The maximum Gasteiger partial charge on any atom is 0.337 e. The van der Waals surface area contributed by atoms with Crippen molar-refractivity contribution in [1.29, 1.82) is 0 Å². The minimum absolute atomic E-state index is 0.132. The standard InChI is InChI=1S/C17H25NO3Si/c1-17(2,3)22(5,6)21-18-15-10-8-12-11-13(16(19)20-4)7-9-14(12)15/h7,9,11H,8,10H2,1-6H3/b18-15-. The van der Waals surface area contributed by atoms with Crippen LogP contribution in [0.4, 0.5) is 0 Å². The number of esters is 1.